The molecule has 0 bridgehead atoms. The lowest BCUT2D eigenvalue weighted by Crippen LogP contribution is -2.29. The summed E-state index contributed by atoms with van der Waals surface area (Å²) in [5.41, 5.74) is -0.103. The summed E-state index contributed by atoms with van der Waals surface area (Å²) in [6, 6.07) is 0.832. The molecule has 2 rings (SSSR count). The summed E-state index contributed by atoms with van der Waals surface area (Å²) in [6.45, 7) is 12.1. The molecule has 0 aromatic carbocycles. The van der Waals surface area contributed by atoms with Crippen molar-refractivity contribution in [3.05, 3.63) is 0 Å². The minimum absolute atomic E-state index is 0.0133. The maximum Gasteiger partial charge on any atom is 0.225 e. The molecular weight excluding hydrogens is 240 g/mol. The molecule has 0 N–H and O–H groups in total. The van der Waals surface area contributed by atoms with E-state index >= 15 is 0 Å². The van der Waals surface area contributed by atoms with Gasteiger partial charge < -0.3 is 9.80 Å². The molecule has 0 saturated carbocycles. The molecule has 2 fully saturated rings. The second kappa shape index (κ2) is 4.80. The topological polar surface area (TPSA) is 40.2 Å². The van der Waals surface area contributed by atoms with E-state index in [0.717, 1.165) is 19.5 Å². The largest absolute Gasteiger partial charge is 0.336 e. The van der Waals surface area contributed by atoms with E-state index in [1.54, 1.807) is 0 Å². The quantitative estimate of drug-likeness (QED) is 0.713. The van der Waals surface area contributed by atoms with Crippen LogP contribution in [0.2, 0.25) is 0 Å². The van der Waals surface area contributed by atoms with E-state index in [1.165, 1.54) is 0 Å². The van der Waals surface area contributed by atoms with E-state index in [0.29, 0.717) is 18.5 Å². The molecule has 3 unspecified atom stereocenters. The first kappa shape index (κ1) is 14.4. The minimum atomic E-state index is -0.103. The average molecular weight is 266 g/mol. The number of rotatable bonds is 5. The van der Waals surface area contributed by atoms with Gasteiger partial charge in [-0.3, -0.25) is 9.59 Å². The number of nitrogens with zero attached hydrogens (tertiary/aromatic N) is 2. The molecule has 108 valence electrons. The Kier molecular flexibility index (Phi) is 3.63. The Balaban J connectivity index is 1.82. The summed E-state index contributed by atoms with van der Waals surface area (Å²) in [4.78, 5) is 27.9. The lowest BCUT2D eigenvalue weighted by molar-refractivity contribution is -0.133. The van der Waals surface area contributed by atoms with E-state index in [1.807, 2.05) is 16.7 Å². The van der Waals surface area contributed by atoms with Crippen LogP contribution in [-0.2, 0) is 9.59 Å². The Morgan fingerprint density at radius 2 is 1.63 bits per heavy atom. The van der Waals surface area contributed by atoms with Crippen LogP contribution in [-0.4, -0.2) is 46.8 Å². The highest BCUT2D eigenvalue weighted by Crippen LogP contribution is 2.34. The molecule has 2 amide bonds. The third-order valence-electron chi connectivity index (χ3n) is 4.23. The van der Waals surface area contributed by atoms with E-state index < -0.39 is 0 Å². The van der Waals surface area contributed by atoms with Crippen molar-refractivity contribution in [2.75, 3.05) is 13.1 Å². The molecule has 0 aromatic heterocycles. The second-order valence-electron chi connectivity index (χ2n) is 7.18. The summed E-state index contributed by atoms with van der Waals surface area (Å²) in [7, 11) is 0. The molecule has 0 aliphatic carbocycles. The molecule has 0 radical (unpaired) electrons. The Bertz CT molecular complexity index is 392. The SMILES string of the molecule is CC(CC(C)(C)CC(=O)N1CC1C)C(=O)N1CC1C. The van der Waals surface area contributed by atoms with Gasteiger partial charge in [-0.25, -0.2) is 0 Å². The average Bonchev–Trinajstić information content (AvgIpc) is 3.15. The summed E-state index contributed by atoms with van der Waals surface area (Å²) >= 11 is 0. The fraction of sp³-hybridized carbons (Fsp3) is 0.867. The highest BCUT2D eigenvalue weighted by atomic mass is 16.2. The van der Waals surface area contributed by atoms with Gasteiger partial charge in [-0.1, -0.05) is 20.8 Å². The van der Waals surface area contributed by atoms with Gasteiger partial charge in [0, 0.05) is 37.5 Å². The smallest absolute Gasteiger partial charge is 0.225 e. The van der Waals surface area contributed by atoms with Crippen molar-refractivity contribution >= 4 is 11.8 Å². The van der Waals surface area contributed by atoms with Gasteiger partial charge in [0.1, 0.15) is 0 Å². The van der Waals surface area contributed by atoms with Crippen molar-refractivity contribution in [2.45, 2.75) is 59.5 Å². The van der Waals surface area contributed by atoms with Crippen LogP contribution in [0.5, 0.6) is 0 Å². The van der Waals surface area contributed by atoms with Crippen molar-refractivity contribution in [3.8, 4) is 0 Å². The van der Waals surface area contributed by atoms with Crippen molar-refractivity contribution in [1.82, 2.24) is 9.80 Å². The maximum atomic E-state index is 12.1. The van der Waals surface area contributed by atoms with E-state index in [4.69, 9.17) is 0 Å². The zero-order valence-electron chi connectivity index (χ0n) is 12.8. The third-order valence-corrected chi connectivity index (χ3v) is 4.23. The molecule has 0 spiro atoms. The maximum absolute atomic E-state index is 12.1. The Morgan fingerprint density at radius 1 is 1.16 bits per heavy atom. The standard InChI is InChI=1S/C15H26N2O2/c1-10(14(19)17-9-12(17)3)6-15(4,5)7-13(18)16-8-11(16)2/h10-12H,6-9H2,1-5H3. The summed E-state index contributed by atoms with van der Waals surface area (Å²) in [5.74, 6) is 0.491. The van der Waals surface area contributed by atoms with Crippen LogP contribution in [0, 0.1) is 11.3 Å². The van der Waals surface area contributed by atoms with Crippen molar-refractivity contribution < 1.29 is 9.59 Å². The van der Waals surface area contributed by atoms with Crippen LogP contribution < -0.4 is 0 Å². The van der Waals surface area contributed by atoms with Gasteiger partial charge >= 0.3 is 0 Å². The molecule has 2 heterocycles. The first-order valence-corrected chi connectivity index (χ1v) is 7.31. The molecule has 2 aliphatic rings. The molecule has 4 nitrogen and oxygen atoms in total. The molecule has 2 saturated heterocycles. The lowest BCUT2D eigenvalue weighted by atomic mass is 9.80. The predicted molar refractivity (Wildman–Crippen MR) is 74.5 cm³/mol. The number of carbonyl (C=O) groups excluding carboxylic acids is 2. The first-order valence-electron chi connectivity index (χ1n) is 7.31. The van der Waals surface area contributed by atoms with Crippen LogP contribution in [0.4, 0.5) is 0 Å². The van der Waals surface area contributed by atoms with Gasteiger partial charge in [0.15, 0.2) is 0 Å². The molecule has 4 heteroatoms. The zero-order valence-corrected chi connectivity index (χ0v) is 12.8. The zero-order chi connectivity index (χ0) is 14.4. The normalized spacial score (nSPS) is 27.2. The third kappa shape index (κ3) is 3.48. The van der Waals surface area contributed by atoms with Gasteiger partial charge in [0.25, 0.3) is 0 Å². The molecule has 0 aromatic rings. The van der Waals surface area contributed by atoms with Crippen molar-refractivity contribution in [2.24, 2.45) is 11.3 Å². The lowest BCUT2D eigenvalue weighted by Gasteiger charge is -2.27. The summed E-state index contributed by atoms with van der Waals surface area (Å²) in [6.07, 6.45) is 1.33. The fourth-order valence-electron chi connectivity index (χ4n) is 2.91. The van der Waals surface area contributed by atoms with E-state index in [2.05, 4.69) is 27.7 Å². The van der Waals surface area contributed by atoms with E-state index in [-0.39, 0.29) is 23.1 Å². The Hall–Kier alpha value is -1.06. The highest BCUT2D eigenvalue weighted by Gasteiger charge is 2.40. The van der Waals surface area contributed by atoms with Gasteiger partial charge in [-0.2, -0.15) is 0 Å². The second-order valence-corrected chi connectivity index (χ2v) is 7.18. The number of hydrogen-bond acceptors (Lipinski definition) is 2. The summed E-state index contributed by atoms with van der Waals surface area (Å²) < 4.78 is 0. The van der Waals surface area contributed by atoms with Gasteiger partial charge in [-0.15, -0.1) is 0 Å². The van der Waals surface area contributed by atoms with Crippen LogP contribution >= 0.6 is 0 Å². The predicted octanol–water partition coefficient (Wildman–Crippen LogP) is 1.89. The Labute approximate surface area is 116 Å². The molecule has 2 aliphatic heterocycles. The van der Waals surface area contributed by atoms with Crippen LogP contribution in [0.25, 0.3) is 0 Å². The van der Waals surface area contributed by atoms with Crippen LogP contribution in [0.15, 0.2) is 0 Å². The van der Waals surface area contributed by atoms with Gasteiger partial charge in [-0.05, 0) is 25.7 Å². The number of hydrogen-bond donors (Lipinski definition) is 0. The van der Waals surface area contributed by atoms with Crippen LogP contribution in [0.3, 0.4) is 0 Å². The van der Waals surface area contributed by atoms with Crippen molar-refractivity contribution in [3.63, 3.8) is 0 Å². The van der Waals surface area contributed by atoms with Crippen LogP contribution in [0.1, 0.15) is 47.5 Å². The minimum Gasteiger partial charge on any atom is -0.336 e. The monoisotopic (exact) mass is 266 g/mol. The summed E-state index contributed by atoms with van der Waals surface area (Å²) in [5, 5.41) is 0. The van der Waals surface area contributed by atoms with E-state index in [9.17, 15) is 9.59 Å². The first-order chi connectivity index (χ1) is 8.71. The van der Waals surface area contributed by atoms with Gasteiger partial charge in [0.2, 0.25) is 11.8 Å². The Morgan fingerprint density at radius 3 is 2.05 bits per heavy atom. The fourth-order valence-corrected chi connectivity index (χ4v) is 2.91. The molecular formula is C15H26N2O2. The molecule has 3 atom stereocenters. The molecule has 19 heavy (non-hydrogen) atoms. The number of carbonyl (C=O) groups is 2. The van der Waals surface area contributed by atoms with Gasteiger partial charge in [0.05, 0.1) is 0 Å². The highest BCUT2D eigenvalue weighted by molar-refractivity contribution is 5.82. The number of amides is 2. The van der Waals surface area contributed by atoms with Crippen molar-refractivity contribution in [1.29, 1.82) is 0 Å².